The molecule has 6 nitrogen and oxygen atoms in total. The third kappa shape index (κ3) is 6.37. The predicted molar refractivity (Wildman–Crippen MR) is 96.7 cm³/mol. The Kier molecular flexibility index (Phi) is 8.37. The summed E-state index contributed by atoms with van der Waals surface area (Å²) in [6, 6.07) is 0.846. The molecule has 1 saturated heterocycles. The van der Waals surface area contributed by atoms with Gasteiger partial charge in [0.15, 0.2) is 5.96 Å². The Balaban J connectivity index is 2.36. The van der Waals surface area contributed by atoms with Crippen LogP contribution in [0.25, 0.3) is 0 Å². The Bertz CT molecular complexity index is 394. The van der Waals surface area contributed by atoms with E-state index in [1.807, 2.05) is 18.7 Å². The lowest BCUT2D eigenvalue weighted by atomic mass is 10.2. The van der Waals surface area contributed by atoms with Crippen LogP contribution in [0, 0.1) is 5.92 Å². The molecule has 134 valence electrons. The van der Waals surface area contributed by atoms with Crippen molar-refractivity contribution in [3.8, 4) is 0 Å². The number of aliphatic imine (C=N–C) groups is 1. The van der Waals surface area contributed by atoms with Gasteiger partial charge in [-0.15, -0.1) is 0 Å². The molecule has 1 aliphatic rings. The lowest BCUT2D eigenvalue weighted by molar-refractivity contribution is -0.133. The van der Waals surface area contributed by atoms with Gasteiger partial charge in [-0.3, -0.25) is 14.7 Å². The lowest BCUT2D eigenvalue weighted by Crippen LogP contribution is -2.47. The normalized spacial score (nSPS) is 19.1. The Morgan fingerprint density at radius 1 is 1.35 bits per heavy atom. The van der Waals surface area contributed by atoms with Crippen LogP contribution in [-0.4, -0.2) is 73.5 Å². The summed E-state index contributed by atoms with van der Waals surface area (Å²) < 4.78 is 0. The first-order valence-electron chi connectivity index (χ1n) is 8.89. The fourth-order valence-corrected chi connectivity index (χ4v) is 2.93. The number of carbonyl (C=O) groups is 1. The molecule has 0 saturated carbocycles. The van der Waals surface area contributed by atoms with Gasteiger partial charge >= 0.3 is 0 Å². The molecule has 0 bridgehead atoms. The van der Waals surface area contributed by atoms with Crippen molar-refractivity contribution in [3.05, 3.63) is 0 Å². The third-order valence-corrected chi connectivity index (χ3v) is 4.39. The number of guanidine groups is 1. The summed E-state index contributed by atoms with van der Waals surface area (Å²) in [5.74, 6) is 1.14. The minimum Gasteiger partial charge on any atom is -0.355 e. The molecule has 1 aliphatic heterocycles. The van der Waals surface area contributed by atoms with Crippen molar-refractivity contribution in [1.82, 2.24) is 20.4 Å². The highest BCUT2D eigenvalue weighted by Crippen LogP contribution is 2.12. The van der Waals surface area contributed by atoms with Gasteiger partial charge in [0.25, 0.3) is 0 Å². The van der Waals surface area contributed by atoms with Crippen LogP contribution in [-0.2, 0) is 4.79 Å². The number of rotatable bonds is 7. The zero-order valence-corrected chi connectivity index (χ0v) is 15.7. The zero-order chi connectivity index (χ0) is 17.4. The number of hydrogen-bond donors (Lipinski definition) is 2. The van der Waals surface area contributed by atoms with Crippen LogP contribution < -0.4 is 10.6 Å². The van der Waals surface area contributed by atoms with Crippen molar-refractivity contribution in [2.45, 2.75) is 53.1 Å². The van der Waals surface area contributed by atoms with Crippen LogP contribution in [0.2, 0.25) is 0 Å². The Morgan fingerprint density at radius 3 is 2.57 bits per heavy atom. The number of carbonyl (C=O) groups excluding carboxylic acids is 1. The van der Waals surface area contributed by atoms with E-state index in [4.69, 9.17) is 0 Å². The average molecular weight is 326 g/mol. The van der Waals surface area contributed by atoms with E-state index in [1.54, 1.807) is 7.05 Å². The topological polar surface area (TPSA) is 60.0 Å². The van der Waals surface area contributed by atoms with E-state index in [2.05, 4.69) is 41.3 Å². The number of amides is 1. The number of hydrogen-bond acceptors (Lipinski definition) is 3. The van der Waals surface area contributed by atoms with Gasteiger partial charge in [-0.25, -0.2) is 0 Å². The van der Waals surface area contributed by atoms with E-state index in [0.29, 0.717) is 6.04 Å². The Hall–Kier alpha value is -1.30. The highest BCUT2D eigenvalue weighted by molar-refractivity contribution is 5.81. The molecule has 2 N–H and O–H groups in total. The summed E-state index contributed by atoms with van der Waals surface area (Å²) >= 11 is 0. The van der Waals surface area contributed by atoms with E-state index in [-0.39, 0.29) is 17.9 Å². The van der Waals surface area contributed by atoms with Gasteiger partial charge in [0.1, 0.15) is 0 Å². The fraction of sp³-hybridized carbons (Fsp3) is 0.882. The highest BCUT2D eigenvalue weighted by atomic mass is 16.2. The van der Waals surface area contributed by atoms with Crippen LogP contribution in [0.5, 0.6) is 0 Å². The predicted octanol–water partition coefficient (Wildman–Crippen LogP) is 1.14. The second-order valence-corrected chi connectivity index (χ2v) is 6.79. The molecule has 1 unspecified atom stereocenters. The quantitative estimate of drug-likeness (QED) is 0.544. The standard InChI is InChI=1S/C17H35N5O/c1-7-21(14(4)5)11-9-19-17(18-6)20-15-8-10-22(12-15)16(23)13(2)3/h13-15H,7-12H2,1-6H3,(H2,18,19,20). The van der Waals surface area contributed by atoms with Crippen LogP contribution >= 0.6 is 0 Å². The first kappa shape index (κ1) is 19.7. The molecule has 0 aromatic heterocycles. The molecule has 1 atom stereocenters. The molecule has 1 heterocycles. The summed E-state index contributed by atoms with van der Waals surface area (Å²) in [7, 11) is 1.79. The van der Waals surface area contributed by atoms with Crippen LogP contribution in [0.3, 0.4) is 0 Å². The molecular weight excluding hydrogens is 290 g/mol. The monoisotopic (exact) mass is 325 g/mol. The summed E-state index contributed by atoms with van der Waals surface area (Å²) in [4.78, 5) is 20.7. The van der Waals surface area contributed by atoms with E-state index in [1.165, 1.54) is 0 Å². The summed E-state index contributed by atoms with van der Waals surface area (Å²) in [6.45, 7) is 15.1. The molecule has 0 aromatic carbocycles. The highest BCUT2D eigenvalue weighted by Gasteiger charge is 2.27. The van der Waals surface area contributed by atoms with Gasteiger partial charge in [-0.2, -0.15) is 0 Å². The second-order valence-electron chi connectivity index (χ2n) is 6.79. The van der Waals surface area contributed by atoms with Gasteiger partial charge in [0, 0.05) is 51.2 Å². The van der Waals surface area contributed by atoms with Gasteiger partial charge in [0.2, 0.25) is 5.91 Å². The molecule has 1 fully saturated rings. The number of nitrogens with one attached hydrogen (secondary N) is 2. The molecule has 23 heavy (non-hydrogen) atoms. The minimum absolute atomic E-state index is 0.0715. The first-order chi connectivity index (χ1) is 10.9. The summed E-state index contributed by atoms with van der Waals surface area (Å²) in [5, 5.41) is 6.81. The van der Waals surface area contributed by atoms with Crippen molar-refractivity contribution < 1.29 is 4.79 Å². The van der Waals surface area contributed by atoms with Crippen LogP contribution in [0.4, 0.5) is 0 Å². The first-order valence-corrected chi connectivity index (χ1v) is 8.89. The van der Waals surface area contributed by atoms with Crippen molar-refractivity contribution in [3.63, 3.8) is 0 Å². The molecule has 1 amide bonds. The molecule has 6 heteroatoms. The molecule has 0 aromatic rings. The van der Waals surface area contributed by atoms with E-state index >= 15 is 0 Å². The van der Waals surface area contributed by atoms with Crippen molar-refractivity contribution >= 4 is 11.9 Å². The van der Waals surface area contributed by atoms with Gasteiger partial charge in [-0.05, 0) is 26.8 Å². The minimum atomic E-state index is 0.0715. The van der Waals surface area contributed by atoms with E-state index in [9.17, 15) is 4.79 Å². The second kappa shape index (κ2) is 9.75. The molecule has 1 rings (SSSR count). The molecule has 0 aliphatic carbocycles. The summed E-state index contributed by atoms with van der Waals surface area (Å²) in [5.41, 5.74) is 0. The largest absolute Gasteiger partial charge is 0.355 e. The summed E-state index contributed by atoms with van der Waals surface area (Å²) in [6.07, 6.45) is 0.978. The average Bonchev–Trinajstić information content (AvgIpc) is 2.97. The molecular formula is C17H35N5O. The number of likely N-dealkylation sites (tertiary alicyclic amines) is 1. The van der Waals surface area contributed by atoms with Gasteiger partial charge in [-0.1, -0.05) is 20.8 Å². The van der Waals surface area contributed by atoms with E-state index < -0.39 is 0 Å². The number of nitrogens with zero attached hydrogens (tertiary/aromatic N) is 3. The maximum absolute atomic E-state index is 12.0. The molecule has 0 spiro atoms. The van der Waals surface area contributed by atoms with E-state index in [0.717, 1.165) is 45.1 Å². The fourth-order valence-electron chi connectivity index (χ4n) is 2.93. The zero-order valence-electron chi connectivity index (χ0n) is 15.7. The van der Waals surface area contributed by atoms with Gasteiger partial charge < -0.3 is 15.5 Å². The van der Waals surface area contributed by atoms with Crippen LogP contribution in [0.15, 0.2) is 4.99 Å². The smallest absolute Gasteiger partial charge is 0.225 e. The SMILES string of the molecule is CCN(CCNC(=NC)NC1CCN(C(=O)C(C)C)C1)C(C)C. The molecule has 0 radical (unpaired) electrons. The van der Waals surface area contributed by atoms with Crippen molar-refractivity contribution in [2.75, 3.05) is 39.8 Å². The lowest BCUT2D eigenvalue weighted by Gasteiger charge is -2.25. The Labute approximate surface area is 141 Å². The van der Waals surface area contributed by atoms with Crippen molar-refractivity contribution in [1.29, 1.82) is 0 Å². The number of likely N-dealkylation sites (N-methyl/N-ethyl adjacent to an activating group) is 1. The Morgan fingerprint density at radius 2 is 2.04 bits per heavy atom. The van der Waals surface area contributed by atoms with Crippen LogP contribution in [0.1, 0.15) is 41.0 Å². The maximum Gasteiger partial charge on any atom is 0.225 e. The van der Waals surface area contributed by atoms with Crippen molar-refractivity contribution in [2.24, 2.45) is 10.9 Å². The third-order valence-electron chi connectivity index (χ3n) is 4.39. The van der Waals surface area contributed by atoms with Gasteiger partial charge in [0.05, 0.1) is 0 Å². The maximum atomic E-state index is 12.0.